The Morgan fingerprint density at radius 2 is 1.76 bits per heavy atom. The average Bonchev–Trinajstić information content (AvgIpc) is 2.55. The third kappa shape index (κ3) is 2.88. The van der Waals surface area contributed by atoms with E-state index in [4.69, 9.17) is 10.5 Å². The van der Waals surface area contributed by atoms with Crippen LogP contribution in [0.3, 0.4) is 0 Å². The van der Waals surface area contributed by atoms with E-state index in [1.807, 2.05) is 55.5 Å². The van der Waals surface area contributed by atoms with Crippen molar-refractivity contribution in [1.82, 2.24) is 4.98 Å². The highest BCUT2D eigenvalue weighted by Crippen LogP contribution is 2.25. The SMILES string of the molecule is CC(Oc1cc(CN)c2ccccc2n1)c1ccccc1. The second-order valence-corrected chi connectivity index (χ2v) is 5.01. The van der Waals surface area contributed by atoms with Gasteiger partial charge >= 0.3 is 0 Å². The minimum Gasteiger partial charge on any atom is -0.470 e. The molecule has 3 aromatic rings. The molecular formula is C18H18N2O. The zero-order valence-corrected chi connectivity index (χ0v) is 12.0. The van der Waals surface area contributed by atoms with Crippen LogP contribution in [0.25, 0.3) is 10.9 Å². The van der Waals surface area contributed by atoms with Crippen LogP contribution in [0.2, 0.25) is 0 Å². The van der Waals surface area contributed by atoms with Gasteiger partial charge in [-0.05, 0) is 24.1 Å². The molecule has 106 valence electrons. The molecular weight excluding hydrogens is 260 g/mol. The van der Waals surface area contributed by atoms with Crippen molar-refractivity contribution in [2.45, 2.75) is 19.6 Å². The topological polar surface area (TPSA) is 48.1 Å². The monoisotopic (exact) mass is 278 g/mol. The maximum absolute atomic E-state index is 5.98. The molecule has 0 saturated heterocycles. The highest BCUT2D eigenvalue weighted by molar-refractivity contribution is 5.82. The van der Waals surface area contributed by atoms with Crippen molar-refractivity contribution in [1.29, 1.82) is 0 Å². The first kappa shape index (κ1) is 13.6. The fourth-order valence-electron chi connectivity index (χ4n) is 2.42. The molecule has 0 bridgehead atoms. The van der Waals surface area contributed by atoms with Crippen molar-refractivity contribution >= 4 is 10.9 Å². The minimum absolute atomic E-state index is 0.0505. The van der Waals surface area contributed by atoms with E-state index in [9.17, 15) is 0 Å². The number of hydrogen-bond acceptors (Lipinski definition) is 3. The second kappa shape index (κ2) is 5.94. The van der Waals surface area contributed by atoms with Crippen molar-refractivity contribution < 1.29 is 4.74 Å². The predicted molar refractivity (Wildman–Crippen MR) is 85.1 cm³/mol. The summed E-state index contributed by atoms with van der Waals surface area (Å²) in [5.74, 6) is 0.616. The Morgan fingerprint density at radius 1 is 1.05 bits per heavy atom. The molecule has 1 atom stereocenters. The number of pyridine rings is 1. The number of fused-ring (bicyclic) bond motifs is 1. The standard InChI is InChI=1S/C18H18N2O/c1-13(14-7-3-2-4-8-14)21-18-11-15(12-19)16-9-5-6-10-17(16)20-18/h2-11,13H,12,19H2,1H3. The summed E-state index contributed by atoms with van der Waals surface area (Å²) in [6.45, 7) is 2.49. The van der Waals surface area contributed by atoms with Crippen LogP contribution in [0, 0.1) is 0 Å². The lowest BCUT2D eigenvalue weighted by molar-refractivity contribution is 0.218. The molecule has 0 fully saturated rings. The third-order valence-electron chi connectivity index (χ3n) is 3.56. The molecule has 2 aromatic carbocycles. The van der Waals surface area contributed by atoms with Crippen molar-refractivity contribution in [2.75, 3.05) is 0 Å². The third-order valence-corrected chi connectivity index (χ3v) is 3.56. The first-order valence-electron chi connectivity index (χ1n) is 7.08. The van der Waals surface area contributed by atoms with Crippen LogP contribution >= 0.6 is 0 Å². The first-order valence-corrected chi connectivity index (χ1v) is 7.08. The van der Waals surface area contributed by atoms with Crippen molar-refractivity contribution in [3.05, 3.63) is 71.8 Å². The molecule has 21 heavy (non-hydrogen) atoms. The Balaban J connectivity index is 1.94. The molecule has 1 heterocycles. The Kier molecular flexibility index (Phi) is 3.84. The Hall–Kier alpha value is -2.39. The van der Waals surface area contributed by atoms with Crippen LogP contribution in [0.1, 0.15) is 24.2 Å². The van der Waals surface area contributed by atoms with E-state index < -0.39 is 0 Å². The van der Waals surface area contributed by atoms with Gasteiger partial charge in [-0.15, -0.1) is 0 Å². The van der Waals surface area contributed by atoms with Gasteiger partial charge in [0.1, 0.15) is 6.10 Å². The number of hydrogen-bond donors (Lipinski definition) is 1. The van der Waals surface area contributed by atoms with Crippen LogP contribution < -0.4 is 10.5 Å². The van der Waals surface area contributed by atoms with Crippen LogP contribution in [-0.2, 0) is 6.54 Å². The van der Waals surface area contributed by atoms with Gasteiger partial charge in [-0.1, -0.05) is 48.5 Å². The minimum atomic E-state index is -0.0505. The summed E-state index contributed by atoms with van der Waals surface area (Å²) in [6, 6.07) is 20.0. The molecule has 2 N–H and O–H groups in total. The first-order chi connectivity index (χ1) is 10.3. The van der Waals surface area contributed by atoms with Gasteiger partial charge < -0.3 is 10.5 Å². The van der Waals surface area contributed by atoms with E-state index in [0.29, 0.717) is 12.4 Å². The smallest absolute Gasteiger partial charge is 0.214 e. The van der Waals surface area contributed by atoms with Crippen molar-refractivity contribution in [3.63, 3.8) is 0 Å². The molecule has 3 heteroatoms. The van der Waals surface area contributed by atoms with Crippen LogP contribution in [0.5, 0.6) is 5.88 Å². The highest BCUT2D eigenvalue weighted by Gasteiger charge is 2.10. The normalized spacial score (nSPS) is 12.3. The average molecular weight is 278 g/mol. The quantitative estimate of drug-likeness (QED) is 0.789. The Labute approximate surface area is 124 Å². The van der Waals surface area contributed by atoms with E-state index in [1.54, 1.807) is 0 Å². The summed E-state index contributed by atoms with van der Waals surface area (Å²) < 4.78 is 5.98. The van der Waals surface area contributed by atoms with Crippen LogP contribution in [0.4, 0.5) is 0 Å². The van der Waals surface area contributed by atoms with E-state index in [-0.39, 0.29) is 6.10 Å². The summed E-state index contributed by atoms with van der Waals surface area (Å²) in [5.41, 5.74) is 8.93. The molecule has 0 spiro atoms. The molecule has 1 aromatic heterocycles. The summed E-state index contributed by atoms with van der Waals surface area (Å²) in [5, 5.41) is 1.08. The van der Waals surface area contributed by atoms with Crippen LogP contribution in [-0.4, -0.2) is 4.98 Å². The maximum Gasteiger partial charge on any atom is 0.214 e. The molecule has 0 aliphatic carbocycles. The number of rotatable bonds is 4. The van der Waals surface area contributed by atoms with Gasteiger partial charge in [0, 0.05) is 18.0 Å². The molecule has 0 radical (unpaired) electrons. The molecule has 3 nitrogen and oxygen atoms in total. The number of benzene rings is 2. The Bertz CT molecular complexity index is 741. The van der Waals surface area contributed by atoms with E-state index in [2.05, 4.69) is 17.1 Å². The molecule has 0 saturated carbocycles. The number of ether oxygens (including phenoxy) is 1. The van der Waals surface area contributed by atoms with Crippen molar-refractivity contribution in [3.8, 4) is 5.88 Å². The van der Waals surface area contributed by atoms with E-state index in [0.717, 1.165) is 22.0 Å². The largest absolute Gasteiger partial charge is 0.470 e. The van der Waals surface area contributed by atoms with Gasteiger partial charge in [0.2, 0.25) is 5.88 Å². The number of para-hydroxylation sites is 1. The number of nitrogens with zero attached hydrogens (tertiary/aromatic N) is 1. The fraction of sp³-hybridized carbons (Fsp3) is 0.167. The maximum atomic E-state index is 5.98. The second-order valence-electron chi connectivity index (χ2n) is 5.01. The molecule has 0 aliphatic heterocycles. The molecule has 1 unspecified atom stereocenters. The lowest BCUT2D eigenvalue weighted by Crippen LogP contribution is -2.06. The number of aromatic nitrogens is 1. The number of nitrogens with two attached hydrogens (primary N) is 1. The fourth-order valence-corrected chi connectivity index (χ4v) is 2.42. The summed E-state index contributed by atoms with van der Waals surface area (Å²) in [6.07, 6.45) is -0.0505. The zero-order chi connectivity index (χ0) is 14.7. The van der Waals surface area contributed by atoms with Gasteiger partial charge in [0.05, 0.1) is 5.52 Å². The van der Waals surface area contributed by atoms with Gasteiger partial charge in [-0.3, -0.25) is 0 Å². The molecule has 0 amide bonds. The molecule has 0 aliphatic rings. The predicted octanol–water partition coefficient (Wildman–Crippen LogP) is 3.83. The van der Waals surface area contributed by atoms with E-state index in [1.165, 1.54) is 0 Å². The van der Waals surface area contributed by atoms with Crippen LogP contribution in [0.15, 0.2) is 60.7 Å². The Morgan fingerprint density at radius 3 is 2.52 bits per heavy atom. The summed E-state index contributed by atoms with van der Waals surface area (Å²) in [7, 11) is 0. The summed E-state index contributed by atoms with van der Waals surface area (Å²) >= 11 is 0. The highest BCUT2D eigenvalue weighted by atomic mass is 16.5. The van der Waals surface area contributed by atoms with Gasteiger partial charge in [0.25, 0.3) is 0 Å². The van der Waals surface area contributed by atoms with Gasteiger partial charge in [0.15, 0.2) is 0 Å². The van der Waals surface area contributed by atoms with Crippen molar-refractivity contribution in [2.24, 2.45) is 5.73 Å². The van der Waals surface area contributed by atoms with E-state index >= 15 is 0 Å². The molecule has 3 rings (SSSR count). The van der Waals surface area contributed by atoms with Gasteiger partial charge in [-0.2, -0.15) is 0 Å². The lowest BCUT2D eigenvalue weighted by Gasteiger charge is -2.15. The lowest BCUT2D eigenvalue weighted by atomic mass is 10.1. The van der Waals surface area contributed by atoms with Gasteiger partial charge in [-0.25, -0.2) is 4.98 Å². The zero-order valence-electron chi connectivity index (χ0n) is 12.0. The summed E-state index contributed by atoms with van der Waals surface area (Å²) in [4.78, 5) is 4.57.